The molecule has 4 rings (SSSR count). The van der Waals surface area contributed by atoms with E-state index in [2.05, 4.69) is 29.6 Å². The van der Waals surface area contributed by atoms with Gasteiger partial charge in [0.1, 0.15) is 0 Å². The van der Waals surface area contributed by atoms with Crippen molar-refractivity contribution in [3.05, 3.63) is 82.6 Å². The average molecular weight is 380 g/mol. The van der Waals surface area contributed by atoms with Gasteiger partial charge >= 0.3 is 0 Å². The summed E-state index contributed by atoms with van der Waals surface area (Å²) in [5.41, 5.74) is 3.10. The Morgan fingerprint density at radius 2 is 1.65 bits per heavy atom. The van der Waals surface area contributed by atoms with E-state index in [9.17, 15) is 4.79 Å². The Morgan fingerprint density at radius 1 is 0.885 bits per heavy atom. The summed E-state index contributed by atoms with van der Waals surface area (Å²) < 4.78 is 0. The molecule has 0 N–H and O–H groups in total. The van der Waals surface area contributed by atoms with Crippen LogP contribution in [-0.2, 0) is 0 Å². The molecule has 1 fully saturated rings. The average Bonchev–Trinajstić information content (AvgIpc) is 3.13. The number of thioether (sulfide) groups is 1. The van der Waals surface area contributed by atoms with Crippen molar-refractivity contribution < 1.29 is 4.79 Å². The van der Waals surface area contributed by atoms with Gasteiger partial charge in [0.15, 0.2) is 0 Å². The molecule has 1 aliphatic rings. The predicted octanol–water partition coefficient (Wildman–Crippen LogP) is 5.74. The number of thiophene rings is 1. The van der Waals surface area contributed by atoms with Gasteiger partial charge in [-0.3, -0.25) is 4.79 Å². The fourth-order valence-corrected chi connectivity index (χ4v) is 5.53. The number of carbonyl (C=O) groups excluding carboxylic acids is 1. The highest BCUT2D eigenvalue weighted by molar-refractivity contribution is 7.99. The van der Waals surface area contributed by atoms with Gasteiger partial charge in [-0.15, -0.1) is 11.3 Å². The molecule has 1 aromatic heterocycles. The van der Waals surface area contributed by atoms with E-state index in [1.807, 2.05) is 70.5 Å². The van der Waals surface area contributed by atoms with Crippen LogP contribution in [0.1, 0.15) is 26.9 Å². The summed E-state index contributed by atoms with van der Waals surface area (Å²) in [6, 6.07) is 22.6. The number of rotatable bonds is 3. The lowest BCUT2D eigenvalue weighted by atomic mass is 10.0. The fraction of sp³-hybridized carbons (Fsp3) is 0.227. The van der Waals surface area contributed by atoms with Crippen molar-refractivity contribution in [2.45, 2.75) is 11.7 Å². The minimum absolute atomic E-state index is 0.150. The van der Waals surface area contributed by atoms with Crippen LogP contribution in [0.4, 0.5) is 0 Å². The van der Waals surface area contributed by atoms with Gasteiger partial charge in [0, 0.05) is 34.5 Å². The zero-order valence-corrected chi connectivity index (χ0v) is 16.1. The summed E-state index contributed by atoms with van der Waals surface area (Å²) in [5, 5.41) is 2.66. The van der Waals surface area contributed by atoms with Crippen LogP contribution < -0.4 is 0 Å². The predicted molar refractivity (Wildman–Crippen MR) is 112 cm³/mol. The number of benzene rings is 2. The summed E-state index contributed by atoms with van der Waals surface area (Å²) in [6.07, 6.45) is 1.03. The van der Waals surface area contributed by atoms with Gasteiger partial charge < -0.3 is 4.90 Å². The van der Waals surface area contributed by atoms with Crippen molar-refractivity contribution in [3.8, 4) is 11.1 Å². The highest BCUT2D eigenvalue weighted by atomic mass is 32.2. The molecule has 132 valence electrons. The normalized spacial score (nSPS) is 17.7. The summed E-state index contributed by atoms with van der Waals surface area (Å²) in [4.78, 5) is 16.4. The monoisotopic (exact) mass is 379 g/mol. The Labute approximate surface area is 162 Å². The van der Waals surface area contributed by atoms with Crippen LogP contribution >= 0.6 is 23.1 Å². The number of hydrogen-bond donors (Lipinski definition) is 0. The van der Waals surface area contributed by atoms with Gasteiger partial charge in [-0.2, -0.15) is 11.8 Å². The summed E-state index contributed by atoms with van der Waals surface area (Å²) in [7, 11) is 0. The molecule has 1 aliphatic heterocycles. The first kappa shape index (κ1) is 17.4. The Kier molecular flexibility index (Phi) is 5.42. The molecule has 1 unspecified atom stereocenters. The van der Waals surface area contributed by atoms with E-state index in [4.69, 9.17) is 0 Å². The lowest BCUT2D eigenvalue weighted by Gasteiger charge is -2.20. The number of nitrogens with zero attached hydrogens (tertiary/aromatic N) is 1. The second-order valence-corrected chi connectivity index (χ2v) is 8.69. The van der Waals surface area contributed by atoms with Crippen LogP contribution in [0.25, 0.3) is 11.1 Å². The van der Waals surface area contributed by atoms with E-state index in [0.29, 0.717) is 5.25 Å². The molecule has 2 nitrogen and oxygen atoms in total. The lowest BCUT2D eigenvalue weighted by Crippen LogP contribution is -2.32. The van der Waals surface area contributed by atoms with Crippen molar-refractivity contribution in [2.75, 3.05) is 18.8 Å². The van der Waals surface area contributed by atoms with Crippen LogP contribution in [0.15, 0.2) is 72.1 Å². The minimum Gasteiger partial charge on any atom is -0.338 e. The second kappa shape index (κ2) is 8.11. The van der Waals surface area contributed by atoms with Crippen LogP contribution in [0.3, 0.4) is 0 Å². The largest absolute Gasteiger partial charge is 0.338 e. The Bertz CT molecular complexity index is 844. The van der Waals surface area contributed by atoms with Crippen LogP contribution in [-0.4, -0.2) is 29.6 Å². The van der Waals surface area contributed by atoms with Crippen molar-refractivity contribution in [1.29, 1.82) is 0 Å². The van der Waals surface area contributed by atoms with Gasteiger partial charge in [0.2, 0.25) is 0 Å². The highest BCUT2D eigenvalue weighted by Gasteiger charge is 2.23. The number of amides is 1. The van der Waals surface area contributed by atoms with Gasteiger partial charge in [0.25, 0.3) is 5.91 Å². The molecular formula is C22H21NOS2. The molecule has 2 aromatic carbocycles. The van der Waals surface area contributed by atoms with Crippen LogP contribution in [0.5, 0.6) is 0 Å². The molecule has 1 saturated heterocycles. The van der Waals surface area contributed by atoms with E-state index in [0.717, 1.165) is 36.4 Å². The molecule has 0 bridgehead atoms. The lowest BCUT2D eigenvalue weighted by molar-refractivity contribution is 0.0766. The van der Waals surface area contributed by atoms with Crippen LogP contribution in [0, 0.1) is 0 Å². The van der Waals surface area contributed by atoms with E-state index < -0.39 is 0 Å². The second-order valence-electron chi connectivity index (χ2n) is 6.40. The zero-order chi connectivity index (χ0) is 17.8. The summed E-state index contributed by atoms with van der Waals surface area (Å²) in [5.74, 6) is 1.15. The van der Waals surface area contributed by atoms with E-state index in [1.54, 1.807) is 0 Å². The molecule has 3 aromatic rings. The van der Waals surface area contributed by atoms with Crippen LogP contribution in [0.2, 0.25) is 0 Å². The van der Waals surface area contributed by atoms with E-state index in [-0.39, 0.29) is 5.91 Å². The third-order valence-corrected chi connectivity index (χ3v) is 7.17. The first-order chi connectivity index (χ1) is 12.8. The first-order valence-electron chi connectivity index (χ1n) is 8.91. The molecule has 4 heteroatoms. The molecule has 0 aliphatic carbocycles. The number of hydrogen-bond acceptors (Lipinski definition) is 3. The van der Waals surface area contributed by atoms with Crippen molar-refractivity contribution in [2.24, 2.45) is 0 Å². The fourth-order valence-electron chi connectivity index (χ4n) is 3.29. The first-order valence-corrected chi connectivity index (χ1v) is 10.8. The summed E-state index contributed by atoms with van der Waals surface area (Å²) >= 11 is 3.79. The van der Waals surface area contributed by atoms with Gasteiger partial charge in [-0.05, 0) is 41.1 Å². The molecular weight excluding hydrogens is 358 g/mol. The molecule has 1 atom stereocenters. The Hall–Kier alpha value is -2.04. The smallest absolute Gasteiger partial charge is 0.253 e. The topological polar surface area (TPSA) is 20.3 Å². The Morgan fingerprint density at radius 3 is 2.38 bits per heavy atom. The molecule has 26 heavy (non-hydrogen) atoms. The third-order valence-electron chi connectivity index (χ3n) is 4.73. The van der Waals surface area contributed by atoms with Crippen molar-refractivity contribution in [3.63, 3.8) is 0 Å². The molecule has 0 spiro atoms. The summed E-state index contributed by atoms with van der Waals surface area (Å²) in [6.45, 7) is 1.65. The van der Waals surface area contributed by atoms with Gasteiger partial charge in [-0.25, -0.2) is 0 Å². The maximum atomic E-state index is 12.9. The van der Waals surface area contributed by atoms with E-state index >= 15 is 0 Å². The molecule has 0 saturated carbocycles. The number of carbonyl (C=O) groups is 1. The van der Waals surface area contributed by atoms with Gasteiger partial charge in [0.05, 0.1) is 0 Å². The van der Waals surface area contributed by atoms with Gasteiger partial charge in [-0.1, -0.05) is 48.5 Å². The minimum atomic E-state index is 0.150. The standard InChI is InChI=1S/C22H21NOS2/c24-22(19-10-8-18(9-11-19)17-5-2-1-3-6-17)23-13-12-21(26-16-14-23)20-7-4-15-25-20/h1-11,15,21H,12-14,16H2. The highest BCUT2D eigenvalue weighted by Crippen LogP contribution is 2.36. The maximum absolute atomic E-state index is 12.9. The van der Waals surface area contributed by atoms with Crippen molar-refractivity contribution >= 4 is 29.0 Å². The molecule has 1 amide bonds. The zero-order valence-electron chi connectivity index (χ0n) is 14.5. The molecule has 2 heterocycles. The molecule has 0 radical (unpaired) electrons. The quantitative estimate of drug-likeness (QED) is 0.579. The third kappa shape index (κ3) is 3.87. The Balaban J connectivity index is 1.44. The van der Waals surface area contributed by atoms with Crippen molar-refractivity contribution in [1.82, 2.24) is 4.90 Å². The maximum Gasteiger partial charge on any atom is 0.253 e. The van der Waals surface area contributed by atoms with E-state index in [1.165, 1.54) is 10.4 Å². The SMILES string of the molecule is O=C(c1ccc(-c2ccccc2)cc1)N1CCSC(c2cccs2)CC1.